The highest BCUT2D eigenvalue weighted by atomic mass is 16.3. The Bertz CT molecular complexity index is 264. The minimum Gasteiger partial charge on any atom is -0.392 e. The van der Waals surface area contributed by atoms with Crippen LogP contribution in [-0.4, -0.2) is 22.2 Å². The van der Waals surface area contributed by atoms with Crippen molar-refractivity contribution in [2.75, 3.05) is 0 Å². The van der Waals surface area contributed by atoms with Gasteiger partial charge in [0, 0.05) is 18.4 Å². The molecule has 0 aliphatic heterocycles. The van der Waals surface area contributed by atoms with Crippen LogP contribution in [0.3, 0.4) is 0 Å². The van der Waals surface area contributed by atoms with Gasteiger partial charge in [0.2, 0.25) is 0 Å². The lowest BCUT2D eigenvalue weighted by Gasteiger charge is -2.17. The minimum absolute atomic E-state index is 0.0910. The second-order valence-electron chi connectivity index (χ2n) is 3.92. The number of aryl methyl sites for hydroxylation is 1. The van der Waals surface area contributed by atoms with Gasteiger partial charge in [-0.2, -0.15) is 0 Å². The molecule has 0 saturated heterocycles. The zero-order valence-corrected chi connectivity index (χ0v) is 9.26. The van der Waals surface area contributed by atoms with Gasteiger partial charge < -0.3 is 10.8 Å². The maximum Gasteiger partial charge on any atom is 0.0694 e. The molecule has 1 aromatic heterocycles. The van der Waals surface area contributed by atoms with Crippen LogP contribution in [0.25, 0.3) is 0 Å². The third-order valence-corrected chi connectivity index (χ3v) is 2.57. The number of aliphatic hydroxyl groups is 1. The van der Waals surface area contributed by atoms with E-state index in [-0.39, 0.29) is 6.04 Å². The molecular formula is C12H20N2O. The molecule has 0 bridgehead atoms. The molecule has 3 heteroatoms. The van der Waals surface area contributed by atoms with Crippen molar-refractivity contribution in [3.05, 3.63) is 30.1 Å². The zero-order valence-electron chi connectivity index (χ0n) is 9.26. The van der Waals surface area contributed by atoms with Crippen LogP contribution in [0.1, 0.15) is 31.7 Å². The summed E-state index contributed by atoms with van der Waals surface area (Å²) in [5, 5.41) is 9.76. The minimum atomic E-state index is -0.398. The molecule has 0 aliphatic rings. The van der Waals surface area contributed by atoms with Gasteiger partial charge in [0.05, 0.1) is 6.10 Å². The van der Waals surface area contributed by atoms with Crippen molar-refractivity contribution >= 4 is 0 Å². The van der Waals surface area contributed by atoms with Crippen LogP contribution in [0, 0.1) is 0 Å². The van der Waals surface area contributed by atoms with Crippen LogP contribution >= 0.6 is 0 Å². The number of nitrogens with zero attached hydrogens (tertiary/aromatic N) is 1. The number of aromatic nitrogens is 1. The van der Waals surface area contributed by atoms with Gasteiger partial charge in [-0.25, -0.2) is 0 Å². The van der Waals surface area contributed by atoms with Gasteiger partial charge in [-0.3, -0.25) is 4.98 Å². The second kappa shape index (κ2) is 6.53. The molecule has 15 heavy (non-hydrogen) atoms. The van der Waals surface area contributed by atoms with Crippen molar-refractivity contribution < 1.29 is 5.11 Å². The van der Waals surface area contributed by atoms with Crippen LogP contribution in [0.4, 0.5) is 0 Å². The molecule has 3 nitrogen and oxygen atoms in total. The van der Waals surface area contributed by atoms with Crippen LogP contribution in [-0.2, 0) is 6.42 Å². The molecule has 0 saturated carbocycles. The maximum absolute atomic E-state index is 9.76. The molecule has 1 heterocycles. The molecule has 0 fully saturated rings. The standard InChI is InChI=1S/C12H20N2O/c1-2-4-11(13)12(15)7-6-10-5-3-8-14-9-10/h3,5,8-9,11-12,15H,2,4,6-7,13H2,1H3. The first-order chi connectivity index (χ1) is 7.24. The molecule has 2 unspecified atom stereocenters. The van der Waals surface area contributed by atoms with E-state index in [1.807, 2.05) is 18.3 Å². The summed E-state index contributed by atoms with van der Waals surface area (Å²) in [6, 6.07) is 3.84. The number of aliphatic hydroxyl groups excluding tert-OH is 1. The average Bonchev–Trinajstić information content (AvgIpc) is 2.27. The Morgan fingerprint density at radius 2 is 2.27 bits per heavy atom. The average molecular weight is 208 g/mol. The van der Waals surface area contributed by atoms with Gasteiger partial charge in [-0.15, -0.1) is 0 Å². The van der Waals surface area contributed by atoms with Crippen LogP contribution in [0.15, 0.2) is 24.5 Å². The molecule has 0 spiro atoms. The summed E-state index contributed by atoms with van der Waals surface area (Å²) < 4.78 is 0. The Morgan fingerprint density at radius 1 is 1.47 bits per heavy atom. The zero-order chi connectivity index (χ0) is 11.1. The lowest BCUT2D eigenvalue weighted by atomic mass is 10.0. The van der Waals surface area contributed by atoms with E-state index in [0.29, 0.717) is 6.42 Å². The van der Waals surface area contributed by atoms with Crippen molar-refractivity contribution in [2.45, 2.75) is 44.8 Å². The normalized spacial score (nSPS) is 14.9. The Labute approximate surface area is 91.3 Å². The van der Waals surface area contributed by atoms with Gasteiger partial charge in [0.15, 0.2) is 0 Å². The molecule has 2 atom stereocenters. The largest absolute Gasteiger partial charge is 0.392 e. The predicted octanol–water partition coefficient (Wildman–Crippen LogP) is 1.50. The van der Waals surface area contributed by atoms with E-state index in [0.717, 1.165) is 24.8 Å². The number of rotatable bonds is 6. The highest BCUT2D eigenvalue weighted by Crippen LogP contribution is 2.08. The molecule has 1 rings (SSSR count). The van der Waals surface area contributed by atoms with Gasteiger partial charge in [-0.05, 0) is 30.9 Å². The van der Waals surface area contributed by atoms with Crippen molar-refractivity contribution in [1.29, 1.82) is 0 Å². The summed E-state index contributed by atoms with van der Waals surface area (Å²) in [6.07, 6.45) is 6.64. The lowest BCUT2D eigenvalue weighted by Crippen LogP contribution is -2.34. The van der Waals surface area contributed by atoms with E-state index in [9.17, 15) is 5.11 Å². The fraction of sp³-hybridized carbons (Fsp3) is 0.583. The van der Waals surface area contributed by atoms with Crippen molar-refractivity contribution in [2.24, 2.45) is 5.73 Å². The highest BCUT2D eigenvalue weighted by Gasteiger charge is 2.13. The lowest BCUT2D eigenvalue weighted by molar-refractivity contribution is 0.131. The summed E-state index contributed by atoms with van der Waals surface area (Å²) in [4.78, 5) is 4.03. The third kappa shape index (κ3) is 4.40. The Balaban J connectivity index is 2.31. The van der Waals surface area contributed by atoms with E-state index in [4.69, 9.17) is 5.73 Å². The first-order valence-corrected chi connectivity index (χ1v) is 5.56. The monoisotopic (exact) mass is 208 g/mol. The van der Waals surface area contributed by atoms with E-state index in [2.05, 4.69) is 11.9 Å². The molecule has 0 aliphatic carbocycles. The summed E-state index contributed by atoms with van der Waals surface area (Å²) in [7, 11) is 0. The highest BCUT2D eigenvalue weighted by molar-refractivity contribution is 5.08. The van der Waals surface area contributed by atoms with E-state index in [1.165, 1.54) is 0 Å². The maximum atomic E-state index is 9.76. The van der Waals surface area contributed by atoms with Crippen molar-refractivity contribution in [3.63, 3.8) is 0 Å². The number of pyridine rings is 1. The molecule has 84 valence electrons. The van der Waals surface area contributed by atoms with E-state index >= 15 is 0 Å². The Morgan fingerprint density at radius 3 is 2.87 bits per heavy atom. The van der Waals surface area contributed by atoms with Gasteiger partial charge in [-0.1, -0.05) is 19.4 Å². The fourth-order valence-electron chi connectivity index (χ4n) is 1.60. The van der Waals surface area contributed by atoms with Crippen molar-refractivity contribution in [1.82, 2.24) is 4.98 Å². The molecule has 3 N–H and O–H groups in total. The molecular weight excluding hydrogens is 188 g/mol. The number of hydrogen-bond acceptors (Lipinski definition) is 3. The summed E-state index contributed by atoms with van der Waals surface area (Å²) in [6.45, 7) is 2.08. The van der Waals surface area contributed by atoms with Crippen molar-refractivity contribution in [3.8, 4) is 0 Å². The van der Waals surface area contributed by atoms with Gasteiger partial charge >= 0.3 is 0 Å². The van der Waals surface area contributed by atoms with E-state index < -0.39 is 6.10 Å². The van der Waals surface area contributed by atoms with Gasteiger partial charge in [0.1, 0.15) is 0 Å². The molecule has 1 aromatic rings. The quantitative estimate of drug-likeness (QED) is 0.745. The van der Waals surface area contributed by atoms with Gasteiger partial charge in [0.25, 0.3) is 0 Å². The smallest absolute Gasteiger partial charge is 0.0694 e. The molecule has 0 aromatic carbocycles. The predicted molar refractivity (Wildman–Crippen MR) is 61.4 cm³/mol. The number of nitrogens with two attached hydrogens (primary N) is 1. The first kappa shape index (κ1) is 12.1. The van der Waals surface area contributed by atoms with Crippen LogP contribution < -0.4 is 5.73 Å². The fourth-order valence-corrected chi connectivity index (χ4v) is 1.60. The van der Waals surface area contributed by atoms with Crippen LogP contribution in [0.2, 0.25) is 0 Å². The molecule has 0 amide bonds. The summed E-state index contributed by atoms with van der Waals surface area (Å²) in [5.41, 5.74) is 6.98. The Hall–Kier alpha value is -0.930. The molecule has 0 radical (unpaired) electrons. The van der Waals surface area contributed by atoms with Crippen LogP contribution in [0.5, 0.6) is 0 Å². The second-order valence-corrected chi connectivity index (χ2v) is 3.92. The first-order valence-electron chi connectivity index (χ1n) is 5.56. The summed E-state index contributed by atoms with van der Waals surface area (Å²) in [5.74, 6) is 0. The van der Waals surface area contributed by atoms with E-state index in [1.54, 1.807) is 6.20 Å². The Kier molecular flexibility index (Phi) is 5.29. The summed E-state index contributed by atoms with van der Waals surface area (Å²) >= 11 is 0. The topological polar surface area (TPSA) is 59.1 Å². The number of hydrogen-bond donors (Lipinski definition) is 2. The SMILES string of the molecule is CCCC(N)C(O)CCc1cccnc1. The third-order valence-electron chi connectivity index (χ3n) is 2.57.